The van der Waals surface area contributed by atoms with Gasteiger partial charge in [0.15, 0.2) is 0 Å². The van der Waals surface area contributed by atoms with Gasteiger partial charge in [-0.1, -0.05) is 0 Å². The van der Waals surface area contributed by atoms with Crippen molar-refractivity contribution in [2.24, 2.45) is 5.41 Å². The topological polar surface area (TPSA) is 38.3 Å². The number of methoxy groups -OCH3 is 1. The van der Waals surface area contributed by atoms with Crippen molar-refractivity contribution in [1.29, 1.82) is 0 Å². The molecule has 3 nitrogen and oxygen atoms in total. The molecule has 0 rings (SSSR count). The fraction of sp³-hybridized carbons (Fsp3) is 0.700. The largest absolute Gasteiger partial charge is 0.469 e. The molecule has 74 valence electrons. The summed E-state index contributed by atoms with van der Waals surface area (Å²) in [5, 5.41) is 3.10. The number of nitrogens with one attached hydrogen (secondary N) is 1. The summed E-state index contributed by atoms with van der Waals surface area (Å²) < 4.78 is 4.65. The SMILES string of the molecule is C#CCCNCC(C)(C)C(=O)OC. The Kier molecular flexibility index (Phi) is 5.17. The number of carbonyl (C=O) groups excluding carboxylic acids is 1. The maximum Gasteiger partial charge on any atom is 0.312 e. The maximum absolute atomic E-state index is 11.2. The number of esters is 1. The van der Waals surface area contributed by atoms with Crippen molar-refractivity contribution in [3.8, 4) is 12.3 Å². The van der Waals surface area contributed by atoms with Gasteiger partial charge < -0.3 is 10.1 Å². The van der Waals surface area contributed by atoms with Crippen LogP contribution in [-0.2, 0) is 9.53 Å². The Morgan fingerprint density at radius 3 is 2.69 bits per heavy atom. The fourth-order valence-corrected chi connectivity index (χ4v) is 0.910. The van der Waals surface area contributed by atoms with Gasteiger partial charge in [0.1, 0.15) is 0 Å². The molecular formula is C10H17NO2. The Morgan fingerprint density at radius 1 is 1.62 bits per heavy atom. The Labute approximate surface area is 79.8 Å². The van der Waals surface area contributed by atoms with Crippen LogP contribution in [0.25, 0.3) is 0 Å². The molecule has 0 aromatic heterocycles. The molecule has 0 aliphatic rings. The first kappa shape index (κ1) is 12.0. The first-order valence-corrected chi connectivity index (χ1v) is 4.27. The zero-order chi connectivity index (χ0) is 10.3. The molecule has 1 N–H and O–H groups in total. The molecule has 0 aliphatic carbocycles. The predicted octanol–water partition coefficient (Wildman–Crippen LogP) is 0.798. The molecule has 0 bridgehead atoms. The van der Waals surface area contributed by atoms with E-state index in [0.717, 1.165) is 6.54 Å². The Balaban J connectivity index is 3.77. The molecule has 0 spiro atoms. The monoisotopic (exact) mass is 183 g/mol. The van der Waals surface area contributed by atoms with Gasteiger partial charge in [-0.25, -0.2) is 0 Å². The van der Waals surface area contributed by atoms with Gasteiger partial charge in [0.05, 0.1) is 12.5 Å². The predicted molar refractivity (Wildman–Crippen MR) is 52.1 cm³/mol. The van der Waals surface area contributed by atoms with Crippen LogP contribution >= 0.6 is 0 Å². The third-order valence-electron chi connectivity index (χ3n) is 1.75. The van der Waals surface area contributed by atoms with Gasteiger partial charge in [0.25, 0.3) is 0 Å². The average molecular weight is 183 g/mol. The molecule has 0 unspecified atom stereocenters. The van der Waals surface area contributed by atoms with E-state index in [2.05, 4.69) is 16.0 Å². The lowest BCUT2D eigenvalue weighted by molar-refractivity contribution is -0.150. The number of carbonyl (C=O) groups is 1. The van der Waals surface area contributed by atoms with E-state index < -0.39 is 5.41 Å². The van der Waals surface area contributed by atoms with Crippen LogP contribution in [-0.4, -0.2) is 26.2 Å². The first-order valence-electron chi connectivity index (χ1n) is 4.27. The Morgan fingerprint density at radius 2 is 2.23 bits per heavy atom. The first-order chi connectivity index (χ1) is 6.04. The highest BCUT2D eigenvalue weighted by atomic mass is 16.5. The lowest BCUT2D eigenvalue weighted by atomic mass is 9.94. The minimum Gasteiger partial charge on any atom is -0.469 e. The summed E-state index contributed by atoms with van der Waals surface area (Å²) in [7, 11) is 1.39. The summed E-state index contributed by atoms with van der Waals surface area (Å²) in [5.41, 5.74) is -0.483. The van der Waals surface area contributed by atoms with E-state index in [1.54, 1.807) is 0 Å². The zero-order valence-electron chi connectivity index (χ0n) is 8.52. The van der Waals surface area contributed by atoms with E-state index in [1.165, 1.54) is 7.11 Å². The van der Waals surface area contributed by atoms with Crippen molar-refractivity contribution in [3.63, 3.8) is 0 Å². The molecule has 3 heteroatoms. The second-order valence-corrected chi connectivity index (χ2v) is 3.51. The van der Waals surface area contributed by atoms with Crippen LogP contribution in [0.4, 0.5) is 0 Å². The van der Waals surface area contributed by atoms with Crippen LogP contribution in [0.5, 0.6) is 0 Å². The van der Waals surface area contributed by atoms with Crippen molar-refractivity contribution in [2.75, 3.05) is 20.2 Å². The van der Waals surface area contributed by atoms with Crippen LogP contribution < -0.4 is 5.32 Å². The highest BCUT2D eigenvalue weighted by Gasteiger charge is 2.27. The smallest absolute Gasteiger partial charge is 0.312 e. The zero-order valence-corrected chi connectivity index (χ0v) is 8.52. The molecule has 0 saturated heterocycles. The van der Waals surface area contributed by atoms with Gasteiger partial charge in [-0.3, -0.25) is 4.79 Å². The molecule has 0 heterocycles. The molecule has 0 radical (unpaired) electrons. The third-order valence-corrected chi connectivity index (χ3v) is 1.75. The van der Waals surface area contributed by atoms with Crippen molar-refractivity contribution >= 4 is 5.97 Å². The summed E-state index contributed by atoms with van der Waals surface area (Å²) in [6, 6.07) is 0. The summed E-state index contributed by atoms with van der Waals surface area (Å²) in [4.78, 5) is 11.2. The number of rotatable bonds is 5. The molecular weight excluding hydrogens is 166 g/mol. The van der Waals surface area contributed by atoms with Crippen LogP contribution in [0, 0.1) is 17.8 Å². The van der Waals surface area contributed by atoms with Gasteiger partial charge in [0, 0.05) is 19.5 Å². The normalized spacial score (nSPS) is 10.6. The minimum absolute atomic E-state index is 0.208. The molecule has 0 aromatic rings. The Bertz CT molecular complexity index is 203. The molecule has 0 aromatic carbocycles. The summed E-state index contributed by atoms with van der Waals surface area (Å²) in [5.74, 6) is 2.31. The lowest BCUT2D eigenvalue weighted by Gasteiger charge is -2.21. The fourth-order valence-electron chi connectivity index (χ4n) is 0.910. The minimum atomic E-state index is -0.483. The second-order valence-electron chi connectivity index (χ2n) is 3.51. The van der Waals surface area contributed by atoms with E-state index in [-0.39, 0.29) is 5.97 Å². The molecule has 0 fully saturated rings. The van der Waals surface area contributed by atoms with Gasteiger partial charge in [-0.2, -0.15) is 0 Å². The summed E-state index contributed by atoms with van der Waals surface area (Å²) in [6.07, 6.45) is 5.76. The van der Waals surface area contributed by atoms with Crippen molar-refractivity contribution in [1.82, 2.24) is 5.32 Å². The van der Waals surface area contributed by atoms with Crippen LogP contribution in [0.2, 0.25) is 0 Å². The second kappa shape index (κ2) is 5.60. The lowest BCUT2D eigenvalue weighted by Crippen LogP contribution is -2.37. The van der Waals surface area contributed by atoms with Crippen LogP contribution in [0.1, 0.15) is 20.3 Å². The quantitative estimate of drug-likeness (QED) is 0.389. The van der Waals surface area contributed by atoms with Gasteiger partial charge in [0.2, 0.25) is 0 Å². The van der Waals surface area contributed by atoms with Crippen LogP contribution in [0.3, 0.4) is 0 Å². The third kappa shape index (κ3) is 4.54. The average Bonchev–Trinajstić information content (AvgIpc) is 2.11. The number of ether oxygens (including phenoxy) is 1. The standard InChI is InChI=1S/C10H17NO2/c1-5-6-7-11-8-10(2,3)9(12)13-4/h1,11H,6-8H2,2-4H3. The van der Waals surface area contributed by atoms with E-state index in [9.17, 15) is 4.79 Å². The number of hydrogen-bond acceptors (Lipinski definition) is 3. The van der Waals surface area contributed by atoms with Gasteiger partial charge >= 0.3 is 5.97 Å². The van der Waals surface area contributed by atoms with E-state index >= 15 is 0 Å². The number of hydrogen-bond donors (Lipinski definition) is 1. The van der Waals surface area contributed by atoms with Gasteiger partial charge in [-0.05, 0) is 13.8 Å². The molecule has 0 atom stereocenters. The summed E-state index contributed by atoms with van der Waals surface area (Å²) in [6.45, 7) is 4.99. The molecule has 0 saturated carbocycles. The van der Waals surface area contributed by atoms with E-state index in [1.807, 2.05) is 13.8 Å². The van der Waals surface area contributed by atoms with E-state index in [4.69, 9.17) is 6.42 Å². The highest BCUT2D eigenvalue weighted by Crippen LogP contribution is 2.14. The summed E-state index contributed by atoms with van der Waals surface area (Å²) >= 11 is 0. The van der Waals surface area contributed by atoms with Gasteiger partial charge in [-0.15, -0.1) is 12.3 Å². The molecule has 13 heavy (non-hydrogen) atoms. The van der Waals surface area contributed by atoms with Crippen molar-refractivity contribution in [3.05, 3.63) is 0 Å². The van der Waals surface area contributed by atoms with Crippen molar-refractivity contribution in [2.45, 2.75) is 20.3 Å². The molecule has 0 amide bonds. The highest BCUT2D eigenvalue weighted by molar-refractivity contribution is 5.76. The van der Waals surface area contributed by atoms with Crippen LogP contribution in [0.15, 0.2) is 0 Å². The Hall–Kier alpha value is -1.01. The maximum atomic E-state index is 11.2. The molecule has 0 aliphatic heterocycles. The van der Waals surface area contributed by atoms with Crippen molar-refractivity contribution < 1.29 is 9.53 Å². The number of terminal acetylenes is 1. The van der Waals surface area contributed by atoms with E-state index in [0.29, 0.717) is 13.0 Å².